The highest BCUT2D eigenvalue weighted by Crippen LogP contribution is 2.08. The highest BCUT2D eigenvalue weighted by molar-refractivity contribution is 4.66. The van der Waals surface area contributed by atoms with Crippen molar-refractivity contribution >= 4 is 0 Å². The van der Waals surface area contributed by atoms with Crippen molar-refractivity contribution < 1.29 is 24.1 Å². The predicted molar refractivity (Wildman–Crippen MR) is 63.1 cm³/mol. The molecule has 0 aromatic heterocycles. The second-order valence-electron chi connectivity index (χ2n) is 4.13. The minimum absolute atomic E-state index is 0.344. The largest absolute Gasteiger partial charge is 0.388 e. The summed E-state index contributed by atoms with van der Waals surface area (Å²) in [5.74, 6) is 0. The Hall–Kier alpha value is -0.200. The number of aliphatic hydroxyl groups excluding tert-OH is 1. The van der Waals surface area contributed by atoms with Crippen molar-refractivity contribution in [3.63, 3.8) is 0 Å². The molecule has 0 spiro atoms. The first-order valence-corrected chi connectivity index (χ1v) is 6.35. The minimum atomic E-state index is -0.516. The minimum Gasteiger partial charge on any atom is -0.388 e. The van der Waals surface area contributed by atoms with Gasteiger partial charge in [-0.15, -0.1) is 0 Å². The molecular formula is C12H24O5. The molecule has 0 amide bonds. The smallest absolute Gasteiger partial charge is 0.104 e. The summed E-state index contributed by atoms with van der Waals surface area (Å²) in [6.07, 6.45) is 1.76. The van der Waals surface area contributed by atoms with Crippen LogP contribution in [0.15, 0.2) is 0 Å². The highest BCUT2D eigenvalue weighted by Gasteiger charge is 2.21. The summed E-state index contributed by atoms with van der Waals surface area (Å²) in [7, 11) is 0. The van der Waals surface area contributed by atoms with Crippen molar-refractivity contribution in [2.24, 2.45) is 0 Å². The van der Waals surface area contributed by atoms with Gasteiger partial charge in [0.15, 0.2) is 0 Å². The van der Waals surface area contributed by atoms with Crippen LogP contribution in [0.2, 0.25) is 0 Å². The maximum atomic E-state index is 9.40. The fraction of sp³-hybridized carbons (Fsp3) is 1.00. The second kappa shape index (κ2) is 9.79. The predicted octanol–water partition coefficient (Wildman–Crippen LogP) is 0.596. The lowest BCUT2D eigenvalue weighted by atomic mass is 10.3. The van der Waals surface area contributed by atoms with Gasteiger partial charge in [-0.2, -0.15) is 0 Å². The summed E-state index contributed by atoms with van der Waals surface area (Å²) >= 11 is 0. The summed E-state index contributed by atoms with van der Waals surface area (Å²) in [6, 6.07) is 0. The molecule has 0 aromatic rings. The van der Waals surface area contributed by atoms with Gasteiger partial charge in [0.1, 0.15) is 12.2 Å². The van der Waals surface area contributed by atoms with Gasteiger partial charge in [-0.25, -0.2) is 0 Å². The first-order chi connectivity index (χ1) is 8.33. The number of aliphatic hydroxyl groups is 1. The Morgan fingerprint density at radius 2 is 1.82 bits per heavy atom. The van der Waals surface area contributed by atoms with E-state index in [9.17, 15) is 5.11 Å². The van der Waals surface area contributed by atoms with Crippen molar-refractivity contribution in [3.8, 4) is 0 Å². The van der Waals surface area contributed by atoms with Crippen molar-refractivity contribution in [2.45, 2.75) is 32.0 Å². The van der Waals surface area contributed by atoms with Gasteiger partial charge in [0, 0.05) is 19.8 Å². The van der Waals surface area contributed by atoms with Crippen molar-refractivity contribution in [3.05, 3.63) is 0 Å². The van der Waals surface area contributed by atoms with Crippen LogP contribution in [0.4, 0.5) is 0 Å². The zero-order chi connectivity index (χ0) is 12.3. The second-order valence-corrected chi connectivity index (χ2v) is 4.13. The van der Waals surface area contributed by atoms with Crippen LogP contribution in [0.25, 0.3) is 0 Å². The lowest BCUT2D eigenvalue weighted by Gasteiger charge is -2.10. The molecule has 1 fully saturated rings. The zero-order valence-electron chi connectivity index (χ0n) is 10.6. The van der Waals surface area contributed by atoms with Crippen LogP contribution >= 0.6 is 0 Å². The maximum absolute atomic E-state index is 9.40. The Balaban J connectivity index is 1.71. The van der Waals surface area contributed by atoms with Crippen LogP contribution in [0.5, 0.6) is 0 Å². The average molecular weight is 248 g/mol. The fourth-order valence-electron chi connectivity index (χ4n) is 1.31. The molecule has 2 atom stereocenters. The van der Waals surface area contributed by atoms with E-state index in [1.807, 2.05) is 6.92 Å². The van der Waals surface area contributed by atoms with E-state index in [2.05, 4.69) is 0 Å². The third-order valence-corrected chi connectivity index (χ3v) is 2.36. The normalized spacial score (nSPS) is 20.5. The average Bonchev–Trinajstić information content (AvgIpc) is 3.14. The molecule has 1 saturated heterocycles. The van der Waals surface area contributed by atoms with Gasteiger partial charge in [0.05, 0.1) is 26.4 Å². The van der Waals surface area contributed by atoms with E-state index in [1.165, 1.54) is 0 Å². The topological polar surface area (TPSA) is 60.5 Å². The number of rotatable bonds is 12. The molecule has 1 aliphatic heterocycles. The summed E-state index contributed by atoms with van der Waals surface area (Å²) in [5.41, 5.74) is 0. The monoisotopic (exact) mass is 248 g/mol. The number of epoxide rings is 1. The van der Waals surface area contributed by atoms with E-state index in [1.54, 1.807) is 0 Å². The summed E-state index contributed by atoms with van der Waals surface area (Å²) in [4.78, 5) is 0. The molecule has 0 bridgehead atoms. The van der Waals surface area contributed by atoms with E-state index < -0.39 is 6.10 Å². The first kappa shape index (κ1) is 14.9. The quantitative estimate of drug-likeness (QED) is 0.405. The Kier molecular flexibility index (Phi) is 8.56. The van der Waals surface area contributed by atoms with Gasteiger partial charge in [-0.3, -0.25) is 0 Å². The summed E-state index contributed by atoms with van der Waals surface area (Å²) in [5, 5.41) is 9.40. The van der Waals surface area contributed by atoms with Gasteiger partial charge >= 0.3 is 0 Å². The highest BCUT2D eigenvalue weighted by atomic mass is 16.6. The molecule has 0 aliphatic carbocycles. The first-order valence-electron chi connectivity index (χ1n) is 6.35. The molecule has 5 nitrogen and oxygen atoms in total. The van der Waals surface area contributed by atoms with Gasteiger partial charge in [-0.05, 0) is 19.8 Å². The zero-order valence-corrected chi connectivity index (χ0v) is 10.6. The Labute approximate surface area is 103 Å². The number of unbranched alkanes of at least 4 members (excludes halogenated alkanes) is 1. The maximum Gasteiger partial charge on any atom is 0.104 e. The molecule has 5 heteroatoms. The summed E-state index contributed by atoms with van der Waals surface area (Å²) in [6.45, 7) is 6.20. The molecular weight excluding hydrogens is 224 g/mol. The number of hydrogen-bond donors (Lipinski definition) is 1. The van der Waals surface area contributed by atoms with E-state index in [-0.39, 0.29) is 0 Å². The number of ether oxygens (including phenoxy) is 4. The lowest BCUT2D eigenvalue weighted by Crippen LogP contribution is -2.22. The Morgan fingerprint density at radius 3 is 2.47 bits per heavy atom. The van der Waals surface area contributed by atoms with Gasteiger partial charge in [0.25, 0.3) is 0 Å². The van der Waals surface area contributed by atoms with Crippen molar-refractivity contribution in [2.75, 3.05) is 46.2 Å². The Morgan fingerprint density at radius 1 is 1.18 bits per heavy atom. The van der Waals surface area contributed by atoms with Gasteiger partial charge in [-0.1, -0.05) is 0 Å². The Bertz CT molecular complexity index is 172. The molecule has 0 aromatic carbocycles. The van der Waals surface area contributed by atoms with Crippen LogP contribution in [-0.2, 0) is 18.9 Å². The molecule has 0 saturated carbocycles. The van der Waals surface area contributed by atoms with Crippen molar-refractivity contribution in [1.29, 1.82) is 0 Å². The molecule has 102 valence electrons. The van der Waals surface area contributed by atoms with Crippen LogP contribution in [0, 0.1) is 0 Å². The molecule has 2 unspecified atom stereocenters. The molecule has 1 aliphatic rings. The van der Waals surface area contributed by atoms with E-state index in [0.29, 0.717) is 39.1 Å². The third kappa shape index (κ3) is 9.50. The van der Waals surface area contributed by atoms with Crippen LogP contribution in [0.1, 0.15) is 19.8 Å². The summed E-state index contributed by atoms with van der Waals surface area (Å²) < 4.78 is 20.8. The molecule has 0 radical (unpaired) electrons. The van der Waals surface area contributed by atoms with E-state index >= 15 is 0 Å². The molecule has 1 heterocycles. The standard InChI is InChI=1S/C12H24O5/c1-2-14-7-11(13)8-15-5-3-4-6-16-9-12-10-17-12/h11-13H,2-10H2,1H3. The SMILES string of the molecule is CCOCC(O)COCCCCOCC1CO1. The molecule has 1 rings (SSSR count). The number of hydrogen-bond acceptors (Lipinski definition) is 5. The van der Waals surface area contributed by atoms with Crippen LogP contribution in [-0.4, -0.2) is 63.6 Å². The molecule has 17 heavy (non-hydrogen) atoms. The van der Waals surface area contributed by atoms with Crippen molar-refractivity contribution in [1.82, 2.24) is 0 Å². The molecule has 1 N–H and O–H groups in total. The van der Waals surface area contributed by atoms with Crippen LogP contribution < -0.4 is 0 Å². The van der Waals surface area contributed by atoms with E-state index in [0.717, 1.165) is 26.1 Å². The van der Waals surface area contributed by atoms with E-state index in [4.69, 9.17) is 18.9 Å². The third-order valence-electron chi connectivity index (χ3n) is 2.36. The lowest BCUT2D eigenvalue weighted by molar-refractivity contribution is -0.0176. The van der Waals surface area contributed by atoms with Gasteiger partial charge in [0.2, 0.25) is 0 Å². The fourth-order valence-corrected chi connectivity index (χ4v) is 1.31. The van der Waals surface area contributed by atoms with Crippen LogP contribution in [0.3, 0.4) is 0 Å². The van der Waals surface area contributed by atoms with Gasteiger partial charge < -0.3 is 24.1 Å².